The van der Waals surface area contributed by atoms with Gasteiger partial charge in [-0.3, -0.25) is 4.72 Å². The second-order valence-electron chi connectivity index (χ2n) is 5.86. The third-order valence-electron chi connectivity index (χ3n) is 3.87. The normalized spacial score (nSPS) is 11.6. The molecule has 0 bridgehead atoms. The molecule has 0 radical (unpaired) electrons. The summed E-state index contributed by atoms with van der Waals surface area (Å²) in [6.45, 7) is 4.19. The van der Waals surface area contributed by atoms with Gasteiger partial charge in [-0.25, -0.2) is 8.42 Å². The molecule has 0 saturated heterocycles. The van der Waals surface area contributed by atoms with Gasteiger partial charge in [0.2, 0.25) is 0 Å². The Morgan fingerprint density at radius 2 is 2.00 bits per heavy atom. The van der Waals surface area contributed by atoms with Crippen LogP contribution in [-0.2, 0) is 10.0 Å². The van der Waals surface area contributed by atoms with Crippen LogP contribution in [0.15, 0.2) is 44.2 Å². The number of ether oxygens (including phenoxy) is 2. The third-order valence-corrected chi connectivity index (χ3v) is 5.75. The molecule has 3 rings (SSSR count). The molecule has 0 atom stereocenters. The number of aryl methyl sites for hydroxylation is 1. The number of nitrogens with zero attached hydrogens (tertiary/aromatic N) is 1. The maximum Gasteiger partial charge on any atom is 0.265 e. The molecular weight excluding hydrogens is 436 g/mol. The van der Waals surface area contributed by atoms with Crippen molar-refractivity contribution >= 4 is 42.6 Å². The number of aromatic nitrogens is 1. The number of methoxy groups -OCH3 is 1. The molecule has 144 valence electrons. The number of sulfonamides is 1. The minimum atomic E-state index is -3.93. The summed E-state index contributed by atoms with van der Waals surface area (Å²) in [5.74, 6) is 0.613. The topological polar surface area (TPSA) is 90.7 Å². The Kier molecular flexibility index (Phi) is 5.61. The summed E-state index contributed by atoms with van der Waals surface area (Å²) < 4.78 is 45.4. The lowest BCUT2D eigenvalue weighted by atomic mass is 10.2. The van der Waals surface area contributed by atoms with Crippen LogP contribution in [-0.4, -0.2) is 27.3 Å². The highest BCUT2D eigenvalue weighted by atomic mass is 79.9. The van der Waals surface area contributed by atoms with Crippen LogP contribution in [0.5, 0.6) is 11.5 Å². The van der Waals surface area contributed by atoms with Gasteiger partial charge in [0.25, 0.3) is 10.0 Å². The average molecular weight is 455 g/mol. The number of nitrogens with one attached hydrogen (secondary N) is 1. The summed E-state index contributed by atoms with van der Waals surface area (Å²) in [5, 5.41) is 4.62. The van der Waals surface area contributed by atoms with Crippen molar-refractivity contribution in [1.82, 2.24) is 5.16 Å². The van der Waals surface area contributed by atoms with E-state index in [1.807, 2.05) is 6.92 Å². The van der Waals surface area contributed by atoms with Crippen LogP contribution in [0, 0.1) is 6.92 Å². The fourth-order valence-corrected chi connectivity index (χ4v) is 4.33. The van der Waals surface area contributed by atoms with E-state index in [2.05, 4.69) is 25.8 Å². The van der Waals surface area contributed by atoms with Crippen LogP contribution in [0.1, 0.15) is 19.0 Å². The maximum atomic E-state index is 13.0. The Hall–Kier alpha value is -2.26. The summed E-state index contributed by atoms with van der Waals surface area (Å²) in [4.78, 5) is 0.0166. The Bertz CT molecular complexity index is 1080. The zero-order valence-corrected chi connectivity index (χ0v) is 17.5. The van der Waals surface area contributed by atoms with Crippen LogP contribution < -0.4 is 14.2 Å². The van der Waals surface area contributed by atoms with E-state index in [1.54, 1.807) is 31.2 Å². The van der Waals surface area contributed by atoms with Gasteiger partial charge in [-0.2, -0.15) is 0 Å². The van der Waals surface area contributed by atoms with Gasteiger partial charge in [0, 0.05) is 15.9 Å². The largest absolute Gasteiger partial charge is 0.495 e. The number of fused-ring (bicyclic) bond motifs is 1. The number of halogens is 1. The molecule has 0 fully saturated rings. The second-order valence-corrected chi connectivity index (χ2v) is 8.43. The molecule has 0 spiro atoms. The highest BCUT2D eigenvalue weighted by molar-refractivity contribution is 9.10. The number of hydrogen-bond acceptors (Lipinski definition) is 6. The number of rotatable bonds is 7. The lowest BCUT2D eigenvalue weighted by Gasteiger charge is -2.15. The average Bonchev–Trinajstić information content (AvgIpc) is 2.99. The zero-order chi connectivity index (χ0) is 19.6. The summed E-state index contributed by atoms with van der Waals surface area (Å²) >= 11 is 3.30. The van der Waals surface area contributed by atoms with Crippen molar-refractivity contribution in [2.75, 3.05) is 18.4 Å². The molecule has 1 N–H and O–H groups in total. The molecule has 1 heterocycles. The lowest BCUT2D eigenvalue weighted by molar-refractivity contribution is 0.318. The standard InChI is InChI=1S/C18H19BrN2O5S/c1-4-7-25-17-10-16-13(11(2)20-26-16)9-14(17)21-27(22,23)18-8-12(19)5-6-15(18)24-3/h5-6,8-10,21H,4,7H2,1-3H3. The van der Waals surface area contributed by atoms with Crippen LogP contribution in [0.4, 0.5) is 5.69 Å². The predicted octanol–water partition coefficient (Wildman–Crippen LogP) is 4.50. The Labute approximate surface area is 165 Å². The first-order chi connectivity index (χ1) is 12.9. The Balaban J connectivity index is 2.08. The molecule has 0 unspecified atom stereocenters. The van der Waals surface area contributed by atoms with Gasteiger partial charge in [-0.05, 0) is 37.6 Å². The second kappa shape index (κ2) is 7.77. The van der Waals surface area contributed by atoms with Crippen LogP contribution in [0.2, 0.25) is 0 Å². The van der Waals surface area contributed by atoms with Gasteiger partial charge >= 0.3 is 0 Å². The van der Waals surface area contributed by atoms with Crippen molar-refractivity contribution in [2.24, 2.45) is 0 Å². The molecule has 3 aromatic rings. The fourth-order valence-electron chi connectivity index (χ4n) is 2.56. The molecular formula is C18H19BrN2O5S. The van der Waals surface area contributed by atoms with Crippen molar-refractivity contribution in [1.29, 1.82) is 0 Å². The van der Waals surface area contributed by atoms with Crippen LogP contribution in [0.3, 0.4) is 0 Å². The summed E-state index contributed by atoms with van der Waals surface area (Å²) in [7, 11) is -2.51. The molecule has 0 aliphatic carbocycles. The Morgan fingerprint density at radius 3 is 2.70 bits per heavy atom. The lowest BCUT2D eigenvalue weighted by Crippen LogP contribution is -2.15. The highest BCUT2D eigenvalue weighted by Crippen LogP contribution is 2.35. The third kappa shape index (κ3) is 4.03. The number of hydrogen-bond donors (Lipinski definition) is 1. The summed E-state index contributed by atoms with van der Waals surface area (Å²) in [6, 6.07) is 8.08. The van der Waals surface area contributed by atoms with E-state index in [9.17, 15) is 8.42 Å². The number of anilines is 1. The Morgan fingerprint density at radius 1 is 1.22 bits per heavy atom. The molecule has 7 nitrogen and oxygen atoms in total. The zero-order valence-electron chi connectivity index (χ0n) is 15.1. The molecule has 0 aliphatic heterocycles. The van der Waals surface area contributed by atoms with E-state index in [4.69, 9.17) is 14.0 Å². The first-order valence-corrected chi connectivity index (χ1v) is 10.5. The van der Waals surface area contributed by atoms with Gasteiger partial charge in [0.1, 0.15) is 16.4 Å². The van der Waals surface area contributed by atoms with Gasteiger partial charge in [-0.15, -0.1) is 0 Å². The highest BCUT2D eigenvalue weighted by Gasteiger charge is 2.23. The van der Waals surface area contributed by atoms with Crippen molar-refractivity contribution in [3.8, 4) is 11.5 Å². The van der Waals surface area contributed by atoms with E-state index in [1.165, 1.54) is 13.2 Å². The molecule has 0 amide bonds. The summed E-state index contributed by atoms with van der Waals surface area (Å²) in [6.07, 6.45) is 0.777. The first-order valence-electron chi connectivity index (χ1n) is 8.25. The van der Waals surface area contributed by atoms with E-state index in [-0.39, 0.29) is 10.6 Å². The van der Waals surface area contributed by atoms with Gasteiger partial charge < -0.3 is 14.0 Å². The quantitative estimate of drug-likeness (QED) is 0.564. The van der Waals surface area contributed by atoms with E-state index < -0.39 is 10.0 Å². The van der Waals surface area contributed by atoms with Crippen molar-refractivity contribution < 1.29 is 22.4 Å². The van der Waals surface area contributed by atoms with Crippen molar-refractivity contribution in [3.63, 3.8) is 0 Å². The maximum absolute atomic E-state index is 13.0. The minimum Gasteiger partial charge on any atom is -0.495 e. The molecule has 2 aromatic carbocycles. The molecule has 27 heavy (non-hydrogen) atoms. The van der Waals surface area contributed by atoms with Gasteiger partial charge in [0.15, 0.2) is 5.58 Å². The fraction of sp³-hybridized carbons (Fsp3) is 0.278. The first kappa shape index (κ1) is 19.5. The van der Waals surface area contributed by atoms with Gasteiger partial charge in [-0.1, -0.05) is 28.0 Å². The van der Waals surface area contributed by atoms with E-state index in [0.29, 0.717) is 39.2 Å². The summed E-state index contributed by atoms with van der Waals surface area (Å²) in [5.41, 5.74) is 1.50. The molecule has 1 aromatic heterocycles. The van der Waals surface area contributed by atoms with Crippen LogP contribution >= 0.6 is 15.9 Å². The minimum absolute atomic E-state index is 0.0166. The predicted molar refractivity (Wildman–Crippen MR) is 106 cm³/mol. The molecule has 0 aliphatic rings. The van der Waals surface area contributed by atoms with Gasteiger partial charge in [0.05, 0.1) is 25.1 Å². The van der Waals surface area contributed by atoms with E-state index in [0.717, 1.165) is 6.42 Å². The SMILES string of the molecule is CCCOc1cc2onc(C)c2cc1NS(=O)(=O)c1cc(Br)ccc1OC. The van der Waals surface area contributed by atoms with Crippen LogP contribution in [0.25, 0.3) is 11.0 Å². The smallest absolute Gasteiger partial charge is 0.265 e. The molecule has 0 saturated carbocycles. The van der Waals surface area contributed by atoms with Crippen molar-refractivity contribution in [3.05, 3.63) is 40.5 Å². The van der Waals surface area contributed by atoms with E-state index >= 15 is 0 Å². The number of benzene rings is 2. The molecule has 9 heteroatoms. The monoisotopic (exact) mass is 454 g/mol. The van der Waals surface area contributed by atoms with Crippen molar-refractivity contribution in [2.45, 2.75) is 25.2 Å².